The van der Waals surface area contributed by atoms with E-state index < -0.39 is 52.4 Å². The predicted molar refractivity (Wildman–Crippen MR) is 121 cm³/mol. The quantitative estimate of drug-likeness (QED) is 0.304. The third-order valence-electron chi connectivity index (χ3n) is 5.30. The molecule has 0 bridgehead atoms. The van der Waals surface area contributed by atoms with Gasteiger partial charge >= 0.3 is 11.9 Å². The lowest BCUT2D eigenvalue weighted by Crippen LogP contribution is -2.39. The number of fused-ring (bicyclic) bond motifs is 1. The molecule has 5 nitrogen and oxygen atoms in total. The third-order valence-corrected chi connectivity index (χ3v) is 7.48. The molecule has 0 atom stereocenters. The van der Waals surface area contributed by atoms with Crippen molar-refractivity contribution >= 4 is 37.5 Å². The molecule has 0 radical (unpaired) electrons. The Bertz CT molecular complexity index is 1560. The number of benzene rings is 2. The van der Waals surface area contributed by atoms with E-state index in [0.29, 0.717) is 20.0 Å². The fourth-order valence-corrected chi connectivity index (χ4v) is 5.32. The SMILES string of the molecule is COc1cccc(-n2c(=O)c3c(C)c(Br)sc3n(Cc3c(F)cccc3C(F)(F)F)c2=O)c1F. The van der Waals surface area contributed by atoms with Gasteiger partial charge in [0.05, 0.1) is 34.1 Å². The highest BCUT2D eigenvalue weighted by molar-refractivity contribution is 9.11. The summed E-state index contributed by atoms with van der Waals surface area (Å²) in [7, 11) is 1.20. The Kier molecular flexibility index (Phi) is 6.15. The molecule has 2 aromatic carbocycles. The van der Waals surface area contributed by atoms with E-state index in [0.717, 1.165) is 34.1 Å². The molecular formula is C22H14BrF5N2O3S. The maximum atomic E-state index is 15.0. The van der Waals surface area contributed by atoms with Crippen molar-refractivity contribution in [2.45, 2.75) is 19.6 Å². The van der Waals surface area contributed by atoms with Crippen molar-refractivity contribution in [1.82, 2.24) is 9.13 Å². The summed E-state index contributed by atoms with van der Waals surface area (Å²) in [5.41, 5.74) is -4.08. The molecule has 0 fully saturated rings. The van der Waals surface area contributed by atoms with Gasteiger partial charge in [-0.1, -0.05) is 12.1 Å². The number of alkyl halides is 3. The zero-order chi connectivity index (χ0) is 24.9. The lowest BCUT2D eigenvalue weighted by molar-refractivity contribution is -0.138. The Balaban J connectivity index is 2.11. The molecule has 0 N–H and O–H groups in total. The summed E-state index contributed by atoms with van der Waals surface area (Å²) < 4.78 is 77.1. The second-order valence-corrected chi connectivity index (χ2v) is 9.56. The monoisotopic (exact) mass is 560 g/mol. The summed E-state index contributed by atoms with van der Waals surface area (Å²) in [5.74, 6) is -2.43. The maximum Gasteiger partial charge on any atom is 0.416 e. The average molecular weight is 561 g/mol. The van der Waals surface area contributed by atoms with Gasteiger partial charge in [0.1, 0.15) is 10.6 Å². The number of nitrogens with zero attached hydrogens (tertiary/aromatic N) is 2. The number of ether oxygens (including phenoxy) is 1. The van der Waals surface area contributed by atoms with E-state index in [-0.39, 0.29) is 16.0 Å². The summed E-state index contributed by atoms with van der Waals surface area (Å²) in [6.07, 6.45) is -4.89. The molecule has 0 saturated carbocycles. The highest BCUT2D eigenvalue weighted by atomic mass is 79.9. The molecule has 12 heteroatoms. The van der Waals surface area contributed by atoms with Crippen molar-refractivity contribution in [2.24, 2.45) is 0 Å². The summed E-state index contributed by atoms with van der Waals surface area (Å²) in [4.78, 5) is 26.8. The van der Waals surface area contributed by atoms with Crippen LogP contribution in [-0.4, -0.2) is 16.2 Å². The second kappa shape index (κ2) is 8.66. The molecule has 0 saturated heterocycles. The van der Waals surface area contributed by atoms with Gasteiger partial charge in [-0.15, -0.1) is 11.3 Å². The summed E-state index contributed by atoms with van der Waals surface area (Å²) in [5, 5.41) is -0.0106. The molecule has 0 aliphatic heterocycles. The molecule has 0 spiro atoms. The first kappa shape index (κ1) is 24.1. The standard InChI is InChI=1S/C22H14BrF5N2O3S/c1-10-16-19(31)30(14-7-4-8-15(33-2)17(14)25)21(32)29(20(16)34-18(10)23)9-11-12(22(26,27)28)5-3-6-13(11)24/h3-8H,9H2,1-2H3. The van der Waals surface area contributed by atoms with Crippen LogP contribution in [-0.2, 0) is 12.7 Å². The molecule has 0 unspecified atom stereocenters. The largest absolute Gasteiger partial charge is 0.494 e. The summed E-state index contributed by atoms with van der Waals surface area (Å²) >= 11 is 4.20. The molecule has 2 aromatic heterocycles. The normalized spacial score (nSPS) is 11.9. The number of halogens is 6. The maximum absolute atomic E-state index is 15.0. The average Bonchev–Trinajstić information content (AvgIpc) is 3.07. The first-order valence-corrected chi connectivity index (χ1v) is 11.2. The molecule has 178 valence electrons. The second-order valence-electron chi connectivity index (χ2n) is 7.25. The summed E-state index contributed by atoms with van der Waals surface area (Å²) in [6.45, 7) is 0.727. The van der Waals surface area contributed by atoms with Crippen molar-refractivity contribution < 1.29 is 26.7 Å². The van der Waals surface area contributed by atoms with Crippen molar-refractivity contribution in [1.29, 1.82) is 0 Å². The number of aryl methyl sites for hydroxylation is 1. The van der Waals surface area contributed by atoms with Crippen LogP contribution in [0.15, 0.2) is 49.8 Å². The third kappa shape index (κ3) is 3.84. The van der Waals surface area contributed by atoms with E-state index >= 15 is 4.39 Å². The van der Waals surface area contributed by atoms with Crippen molar-refractivity contribution in [3.8, 4) is 11.4 Å². The van der Waals surface area contributed by atoms with Crippen LogP contribution in [0.2, 0.25) is 0 Å². The van der Waals surface area contributed by atoms with Gasteiger partial charge in [-0.05, 0) is 52.7 Å². The molecule has 34 heavy (non-hydrogen) atoms. The lowest BCUT2D eigenvalue weighted by atomic mass is 10.1. The Morgan fingerprint density at radius 1 is 1.09 bits per heavy atom. The van der Waals surface area contributed by atoms with Crippen molar-refractivity contribution in [2.75, 3.05) is 7.11 Å². The molecule has 4 aromatic rings. The molecular weight excluding hydrogens is 547 g/mol. The predicted octanol–water partition coefficient (Wildman–Crippen LogP) is 5.64. The van der Waals surface area contributed by atoms with Crippen LogP contribution in [0.25, 0.3) is 15.9 Å². The Morgan fingerprint density at radius 2 is 1.76 bits per heavy atom. The number of rotatable bonds is 4. The topological polar surface area (TPSA) is 53.2 Å². The minimum absolute atomic E-state index is 0.0106. The molecule has 4 rings (SSSR count). The molecule has 0 amide bonds. The van der Waals surface area contributed by atoms with Gasteiger partial charge in [0.15, 0.2) is 11.6 Å². The van der Waals surface area contributed by atoms with Crippen molar-refractivity contribution in [3.63, 3.8) is 0 Å². The number of thiophene rings is 1. The van der Waals surface area contributed by atoms with Crippen LogP contribution in [0.1, 0.15) is 16.7 Å². The Morgan fingerprint density at radius 3 is 2.41 bits per heavy atom. The highest BCUT2D eigenvalue weighted by Gasteiger charge is 2.35. The number of hydrogen-bond acceptors (Lipinski definition) is 4. The van der Waals surface area contributed by atoms with Gasteiger partial charge in [0, 0.05) is 5.56 Å². The number of methoxy groups -OCH3 is 1. The molecule has 0 aliphatic rings. The lowest BCUT2D eigenvalue weighted by Gasteiger charge is -2.17. The van der Waals surface area contributed by atoms with Gasteiger partial charge in [-0.3, -0.25) is 9.36 Å². The van der Waals surface area contributed by atoms with E-state index in [2.05, 4.69) is 15.9 Å². The van der Waals surface area contributed by atoms with Gasteiger partial charge in [-0.25, -0.2) is 18.1 Å². The molecule has 0 aliphatic carbocycles. The van der Waals surface area contributed by atoms with Gasteiger partial charge in [-0.2, -0.15) is 13.2 Å². The van der Waals surface area contributed by atoms with E-state index in [4.69, 9.17) is 4.74 Å². The number of hydrogen-bond donors (Lipinski definition) is 0. The van der Waals surface area contributed by atoms with Crippen LogP contribution >= 0.6 is 27.3 Å². The van der Waals surface area contributed by atoms with Crippen LogP contribution in [0.5, 0.6) is 5.75 Å². The fourth-order valence-electron chi connectivity index (χ4n) is 3.64. The first-order valence-electron chi connectivity index (χ1n) is 9.59. The van der Waals surface area contributed by atoms with Crippen LogP contribution in [0.4, 0.5) is 22.0 Å². The zero-order valence-corrected chi connectivity index (χ0v) is 19.9. The van der Waals surface area contributed by atoms with Crippen LogP contribution in [0.3, 0.4) is 0 Å². The van der Waals surface area contributed by atoms with Crippen molar-refractivity contribution in [3.05, 3.63) is 89.3 Å². The minimum atomic E-state index is -4.89. The smallest absolute Gasteiger partial charge is 0.416 e. The first-order chi connectivity index (χ1) is 16.0. The van der Waals surface area contributed by atoms with E-state index in [1.54, 1.807) is 6.92 Å². The van der Waals surface area contributed by atoms with E-state index in [1.165, 1.54) is 19.2 Å². The van der Waals surface area contributed by atoms with Crippen LogP contribution < -0.4 is 16.0 Å². The van der Waals surface area contributed by atoms with Gasteiger partial charge < -0.3 is 4.74 Å². The fraction of sp³-hybridized carbons (Fsp3) is 0.182. The Labute approximate surface area is 200 Å². The summed E-state index contributed by atoms with van der Waals surface area (Å²) in [6, 6.07) is 6.26. The number of aromatic nitrogens is 2. The van der Waals surface area contributed by atoms with E-state index in [1.807, 2.05) is 0 Å². The van der Waals surface area contributed by atoms with Gasteiger partial charge in [0.2, 0.25) is 0 Å². The van der Waals surface area contributed by atoms with E-state index in [9.17, 15) is 27.2 Å². The minimum Gasteiger partial charge on any atom is -0.494 e. The highest BCUT2D eigenvalue weighted by Crippen LogP contribution is 2.36. The van der Waals surface area contributed by atoms with Gasteiger partial charge in [0.25, 0.3) is 5.56 Å². The Hall–Kier alpha value is -2.99. The van der Waals surface area contributed by atoms with Crippen LogP contribution in [0, 0.1) is 18.6 Å². The molecule has 2 heterocycles. The zero-order valence-electron chi connectivity index (χ0n) is 17.5.